The van der Waals surface area contributed by atoms with Gasteiger partial charge in [0.05, 0.1) is 7.11 Å². The molecule has 2 aromatic carbocycles. The molecule has 0 amide bonds. The minimum absolute atomic E-state index is 0.0829. The summed E-state index contributed by atoms with van der Waals surface area (Å²) in [7, 11) is 1.60. The van der Waals surface area contributed by atoms with Crippen LogP contribution < -0.4 is 4.74 Å². The van der Waals surface area contributed by atoms with Crippen LogP contribution in [0.5, 0.6) is 5.75 Å². The summed E-state index contributed by atoms with van der Waals surface area (Å²) in [4.78, 5) is 24.3. The number of allylic oxidation sites excluding steroid dienone is 2. The van der Waals surface area contributed by atoms with E-state index in [0.29, 0.717) is 11.1 Å². The van der Waals surface area contributed by atoms with Gasteiger partial charge in [-0.25, -0.2) is 0 Å². The molecule has 1 aliphatic rings. The lowest BCUT2D eigenvalue weighted by molar-refractivity contribution is 0.0870. The van der Waals surface area contributed by atoms with Gasteiger partial charge in [-0.15, -0.1) is 0 Å². The van der Waals surface area contributed by atoms with Crippen LogP contribution in [0.15, 0.2) is 60.4 Å². The van der Waals surface area contributed by atoms with Crippen LogP contribution in [0.1, 0.15) is 26.3 Å². The van der Waals surface area contributed by atoms with Crippen molar-refractivity contribution in [1.29, 1.82) is 0 Å². The van der Waals surface area contributed by atoms with Gasteiger partial charge in [0, 0.05) is 17.2 Å². The zero-order valence-corrected chi connectivity index (χ0v) is 12.0. The summed E-state index contributed by atoms with van der Waals surface area (Å²) in [6.45, 7) is 0.219. The Morgan fingerprint density at radius 2 is 1.59 bits per heavy atom. The molecule has 0 spiro atoms. The van der Waals surface area contributed by atoms with E-state index in [1.165, 1.54) is 6.08 Å². The van der Waals surface area contributed by atoms with Crippen molar-refractivity contribution in [3.05, 3.63) is 77.1 Å². The first kappa shape index (κ1) is 14.1. The second-order valence-electron chi connectivity index (χ2n) is 4.88. The van der Waals surface area contributed by atoms with Crippen LogP contribution in [0.3, 0.4) is 0 Å². The van der Waals surface area contributed by atoms with Gasteiger partial charge in [0.25, 0.3) is 0 Å². The first-order valence-corrected chi connectivity index (χ1v) is 6.84. The van der Waals surface area contributed by atoms with E-state index in [0.717, 1.165) is 11.3 Å². The van der Waals surface area contributed by atoms with E-state index in [-0.39, 0.29) is 23.9 Å². The summed E-state index contributed by atoms with van der Waals surface area (Å²) in [5, 5.41) is 0. The normalized spacial score (nSPS) is 13.4. The molecular weight excluding hydrogens is 280 g/mol. The van der Waals surface area contributed by atoms with Gasteiger partial charge in [0.15, 0.2) is 11.5 Å². The van der Waals surface area contributed by atoms with Crippen molar-refractivity contribution in [3.8, 4) is 5.75 Å². The summed E-state index contributed by atoms with van der Waals surface area (Å²) >= 11 is 0. The SMILES string of the molecule is COc1ccc(COC2=CC(=O)c3ccccc3C2=O)cc1. The number of ketones is 2. The molecule has 0 radical (unpaired) electrons. The van der Waals surface area contributed by atoms with E-state index < -0.39 is 0 Å². The average molecular weight is 294 g/mol. The topological polar surface area (TPSA) is 52.6 Å². The number of hydrogen-bond donors (Lipinski definition) is 0. The number of rotatable bonds is 4. The van der Waals surface area contributed by atoms with Crippen LogP contribution in [0.4, 0.5) is 0 Å². The van der Waals surface area contributed by atoms with Crippen LogP contribution in [0, 0.1) is 0 Å². The Balaban J connectivity index is 1.76. The number of Topliss-reactive ketones (excluding diaryl/α,β-unsaturated/α-hetero) is 1. The number of fused-ring (bicyclic) bond motifs is 1. The van der Waals surface area contributed by atoms with Gasteiger partial charge in [-0.3, -0.25) is 9.59 Å². The fraction of sp³-hybridized carbons (Fsp3) is 0.111. The van der Waals surface area contributed by atoms with E-state index in [2.05, 4.69) is 0 Å². The lowest BCUT2D eigenvalue weighted by atomic mass is 9.94. The second-order valence-corrected chi connectivity index (χ2v) is 4.88. The molecule has 4 nitrogen and oxygen atoms in total. The quantitative estimate of drug-likeness (QED) is 0.869. The summed E-state index contributed by atoms with van der Waals surface area (Å²) in [6.07, 6.45) is 1.26. The number of hydrogen-bond acceptors (Lipinski definition) is 4. The van der Waals surface area contributed by atoms with Crippen molar-refractivity contribution in [2.24, 2.45) is 0 Å². The Labute approximate surface area is 128 Å². The van der Waals surface area contributed by atoms with Crippen molar-refractivity contribution in [3.63, 3.8) is 0 Å². The third-order valence-electron chi connectivity index (χ3n) is 3.48. The third kappa shape index (κ3) is 2.63. The molecule has 0 fully saturated rings. The lowest BCUT2D eigenvalue weighted by Crippen LogP contribution is -2.18. The van der Waals surface area contributed by atoms with E-state index in [9.17, 15) is 9.59 Å². The van der Waals surface area contributed by atoms with Crippen LogP contribution >= 0.6 is 0 Å². The molecule has 3 rings (SSSR count). The summed E-state index contributed by atoms with van der Waals surface area (Å²) < 4.78 is 10.6. The number of carbonyl (C=O) groups is 2. The largest absolute Gasteiger partial charge is 0.497 e. The van der Waals surface area contributed by atoms with Gasteiger partial charge < -0.3 is 9.47 Å². The molecule has 0 aromatic heterocycles. The Morgan fingerprint density at radius 1 is 0.909 bits per heavy atom. The van der Waals surface area contributed by atoms with Gasteiger partial charge in [-0.1, -0.05) is 36.4 Å². The molecule has 110 valence electrons. The highest BCUT2D eigenvalue weighted by Crippen LogP contribution is 2.23. The summed E-state index contributed by atoms with van der Waals surface area (Å²) in [6, 6.07) is 14.1. The minimum atomic E-state index is -0.260. The maximum atomic E-state index is 12.3. The number of carbonyl (C=O) groups excluding carboxylic acids is 2. The zero-order chi connectivity index (χ0) is 15.5. The monoisotopic (exact) mass is 294 g/mol. The smallest absolute Gasteiger partial charge is 0.228 e. The van der Waals surface area contributed by atoms with E-state index in [4.69, 9.17) is 9.47 Å². The van der Waals surface area contributed by atoms with Crippen molar-refractivity contribution in [1.82, 2.24) is 0 Å². The summed E-state index contributed by atoms with van der Waals surface area (Å²) in [5.74, 6) is 0.365. The van der Waals surface area contributed by atoms with Crippen LogP contribution in [0.25, 0.3) is 0 Å². The molecule has 0 unspecified atom stereocenters. The first-order valence-electron chi connectivity index (χ1n) is 6.84. The van der Waals surface area contributed by atoms with Gasteiger partial charge >= 0.3 is 0 Å². The predicted octanol–water partition coefficient (Wildman–Crippen LogP) is 3.17. The standard InChI is InChI=1S/C18H14O4/c1-21-13-8-6-12(7-9-13)11-22-17-10-16(19)14-4-2-3-5-15(14)18(17)20/h2-10H,11H2,1H3. The van der Waals surface area contributed by atoms with Gasteiger partial charge in [-0.05, 0) is 17.7 Å². The first-order chi connectivity index (χ1) is 10.7. The highest BCUT2D eigenvalue weighted by atomic mass is 16.5. The second kappa shape index (κ2) is 5.85. The number of methoxy groups -OCH3 is 1. The fourth-order valence-corrected chi connectivity index (χ4v) is 2.28. The molecule has 1 aliphatic carbocycles. The lowest BCUT2D eigenvalue weighted by Gasteiger charge is -2.15. The van der Waals surface area contributed by atoms with Crippen LogP contribution in [-0.2, 0) is 11.3 Å². The third-order valence-corrected chi connectivity index (χ3v) is 3.48. The molecule has 0 heterocycles. The predicted molar refractivity (Wildman–Crippen MR) is 81.0 cm³/mol. The van der Waals surface area contributed by atoms with Gasteiger partial charge in [-0.2, -0.15) is 0 Å². The van der Waals surface area contributed by atoms with Gasteiger partial charge in [0.1, 0.15) is 12.4 Å². The Bertz CT molecular complexity index is 757. The Morgan fingerprint density at radius 3 is 2.27 bits per heavy atom. The molecule has 0 saturated carbocycles. The molecule has 0 aliphatic heterocycles. The number of benzene rings is 2. The maximum Gasteiger partial charge on any atom is 0.228 e. The fourth-order valence-electron chi connectivity index (χ4n) is 2.28. The van der Waals surface area contributed by atoms with Crippen LogP contribution in [-0.4, -0.2) is 18.7 Å². The Hall–Kier alpha value is -2.88. The molecule has 0 saturated heterocycles. The highest BCUT2D eigenvalue weighted by Gasteiger charge is 2.26. The highest BCUT2D eigenvalue weighted by molar-refractivity contribution is 6.23. The van der Waals surface area contributed by atoms with Crippen molar-refractivity contribution in [2.45, 2.75) is 6.61 Å². The molecular formula is C18H14O4. The van der Waals surface area contributed by atoms with Crippen molar-refractivity contribution < 1.29 is 19.1 Å². The Kier molecular flexibility index (Phi) is 3.74. The van der Waals surface area contributed by atoms with E-state index in [1.54, 1.807) is 31.4 Å². The van der Waals surface area contributed by atoms with Crippen LogP contribution in [0.2, 0.25) is 0 Å². The molecule has 0 N–H and O–H groups in total. The molecule has 0 atom stereocenters. The summed E-state index contributed by atoms with van der Waals surface area (Å²) in [5.41, 5.74) is 1.70. The van der Waals surface area contributed by atoms with E-state index >= 15 is 0 Å². The average Bonchev–Trinajstić information content (AvgIpc) is 2.57. The van der Waals surface area contributed by atoms with Crippen molar-refractivity contribution >= 4 is 11.6 Å². The minimum Gasteiger partial charge on any atom is -0.497 e. The zero-order valence-electron chi connectivity index (χ0n) is 12.0. The number of ether oxygens (including phenoxy) is 2. The molecule has 0 bridgehead atoms. The van der Waals surface area contributed by atoms with E-state index in [1.807, 2.05) is 24.3 Å². The molecule has 2 aromatic rings. The molecule has 22 heavy (non-hydrogen) atoms. The van der Waals surface area contributed by atoms with Gasteiger partial charge in [0.2, 0.25) is 5.78 Å². The van der Waals surface area contributed by atoms with Crippen molar-refractivity contribution in [2.75, 3.05) is 7.11 Å². The maximum absolute atomic E-state index is 12.3. The molecule has 4 heteroatoms.